The number of amides is 1. The maximum atomic E-state index is 13.2. The third-order valence-corrected chi connectivity index (χ3v) is 5.84. The van der Waals surface area contributed by atoms with E-state index in [4.69, 9.17) is 10.2 Å². The first kappa shape index (κ1) is 25.3. The molecule has 2 heterocycles. The molecular formula is C23H30N6O4S. The topological polar surface area (TPSA) is 140 Å². The van der Waals surface area contributed by atoms with Crippen LogP contribution in [-0.4, -0.2) is 38.0 Å². The summed E-state index contributed by atoms with van der Waals surface area (Å²) in [6, 6.07) is 9.73. The van der Waals surface area contributed by atoms with Crippen molar-refractivity contribution in [3.05, 3.63) is 62.6 Å². The van der Waals surface area contributed by atoms with Crippen LogP contribution in [0.4, 0.5) is 11.5 Å². The van der Waals surface area contributed by atoms with Gasteiger partial charge in [-0.25, -0.2) is 4.79 Å². The van der Waals surface area contributed by atoms with E-state index in [1.807, 2.05) is 51.1 Å². The van der Waals surface area contributed by atoms with E-state index >= 15 is 0 Å². The van der Waals surface area contributed by atoms with Crippen LogP contribution >= 0.6 is 11.8 Å². The normalized spacial score (nSPS) is 11.2. The van der Waals surface area contributed by atoms with Crippen LogP contribution in [0.1, 0.15) is 45.1 Å². The van der Waals surface area contributed by atoms with Crippen LogP contribution in [0.2, 0.25) is 0 Å². The molecule has 1 amide bonds. The summed E-state index contributed by atoms with van der Waals surface area (Å²) in [7, 11) is 0. The van der Waals surface area contributed by atoms with Gasteiger partial charge in [-0.05, 0) is 17.9 Å². The van der Waals surface area contributed by atoms with Gasteiger partial charge in [0.2, 0.25) is 11.8 Å². The van der Waals surface area contributed by atoms with Gasteiger partial charge < -0.3 is 15.1 Å². The van der Waals surface area contributed by atoms with Crippen molar-refractivity contribution in [2.45, 2.75) is 51.8 Å². The third-order valence-electron chi connectivity index (χ3n) is 5.03. The fourth-order valence-corrected chi connectivity index (χ4v) is 4.06. The number of anilines is 2. The van der Waals surface area contributed by atoms with Crippen LogP contribution in [0.25, 0.3) is 0 Å². The van der Waals surface area contributed by atoms with Gasteiger partial charge in [-0.1, -0.05) is 69.3 Å². The van der Waals surface area contributed by atoms with Gasteiger partial charge in [-0.15, -0.1) is 10.2 Å². The van der Waals surface area contributed by atoms with Gasteiger partial charge in [-0.3, -0.25) is 19.1 Å². The minimum absolute atomic E-state index is 0.00500. The van der Waals surface area contributed by atoms with Crippen molar-refractivity contribution in [2.24, 2.45) is 5.92 Å². The highest BCUT2D eigenvalue weighted by molar-refractivity contribution is 7.99. The molecule has 1 aromatic carbocycles. The first-order chi connectivity index (χ1) is 16.3. The highest BCUT2D eigenvalue weighted by Crippen LogP contribution is 2.22. The Labute approximate surface area is 201 Å². The van der Waals surface area contributed by atoms with Gasteiger partial charge in [0, 0.05) is 13.1 Å². The van der Waals surface area contributed by atoms with Crippen LogP contribution in [0.5, 0.6) is 0 Å². The van der Waals surface area contributed by atoms with E-state index in [1.54, 1.807) is 0 Å². The number of H-pyrrole nitrogens is 1. The van der Waals surface area contributed by atoms with E-state index < -0.39 is 11.2 Å². The van der Waals surface area contributed by atoms with Crippen LogP contribution in [0, 0.1) is 5.92 Å². The average molecular weight is 487 g/mol. The zero-order chi connectivity index (χ0) is 24.7. The minimum atomic E-state index is -0.681. The number of hydrogen-bond acceptors (Lipinski definition) is 8. The number of aromatic nitrogens is 4. The molecule has 0 saturated carbocycles. The Kier molecular flexibility index (Phi) is 8.69. The van der Waals surface area contributed by atoms with Crippen LogP contribution in [0.15, 0.2) is 49.6 Å². The molecule has 0 saturated heterocycles. The molecule has 0 aliphatic rings. The minimum Gasteiger partial charge on any atom is -0.416 e. The van der Waals surface area contributed by atoms with E-state index in [2.05, 4.69) is 15.2 Å². The van der Waals surface area contributed by atoms with Crippen molar-refractivity contribution >= 4 is 29.2 Å². The van der Waals surface area contributed by atoms with Crippen molar-refractivity contribution < 1.29 is 9.21 Å². The van der Waals surface area contributed by atoms with Crippen molar-refractivity contribution in [3.63, 3.8) is 0 Å². The molecule has 3 aromatic rings. The molecule has 3 N–H and O–H groups in total. The van der Waals surface area contributed by atoms with Gasteiger partial charge in [-0.2, -0.15) is 0 Å². The van der Waals surface area contributed by atoms with Crippen LogP contribution in [-0.2, 0) is 17.8 Å². The number of nitrogens with two attached hydrogens (primary N) is 1. The highest BCUT2D eigenvalue weighted by atomic mass is 32.2. The Bertz CT molecular complexity index is 1220. The fourth-order valence-electron chi connectivity index (χ4n) is 3.40. The molecule has 11 heteroatoms. The zero-order valence-corrected chi connectivity index (χ0v) is 20.4. The number of unbranched alkanes of at least 4 members (excludes halogenated alkanes) is 1. The molecule has 0 atom stereocenters. The van der Waals surface area contributed by atoms with E-state index in [0.29, 0.717) is 31.8 Å². The van der Waals surface area contributed by atoms with Crippen molar-refractivity contribution in [3.8, 4) is 0 Å². The molecule has 0 spiro atoms. The Balaban J connectivity index is 1.78. The summed E-state index contributed by atoms with van der Waals surface area (Å²) < 4.78 is 6.96. The second-order valence-electron chi connectivity index (χ2n) is 8.31. The third kappa shape index (κ3) is 6.37. The molecule has 34 heavy (non-hydrogen) atoms. The maximum absolute atomic E-state index is 13.2. The monoisotopic (exact) mass is 486 g/mol. The summed E-state index contributed by atoms with van der Waals surface area (Å²) in [5, 5.41) is 8.32. The Morgan fingerprint density at radius 2 is 1.97 bits per heavy atom. The number of nitrogens with zero attached hydrogens (tertiary/aromatic N) is 4. The van der Waals surface area contributed by atoms with E-state index in [0.717, 1.165) is 23.7 Å². The fraction of sp³-hybridized carbons (Fsp3) is 0.435. The van der Waals surface area contributed by atoms with Gasteiger partial charge in [0.05, 0.1) is 12.2 Å². The molecule has 0 unspecified atom stereocenters. The summed E-state index contributed by atoms with van der Waals surface area (Å²) >= 11 is 1.09. The Morgan fingerprint density at radius 3 is 2.65 bits per heavy atom. The molecule has 10 nitrogen and oxygen atoms in total. The summed E-state index contributed by atoms with van der Waals surface area (Å²) in [5.74, 6) is 0.189. The molecule has 2 aromatic heterocycles. The second kappa shape index (κ2) is 11.7. The smallest absolute Gasteiger partial charge is 0.330 e. The number of rotatable bonds is 11. The lowest BCUT2D eigenvalue weighted by atomic mass is 10.2. The molecule has 0 aliphatic heterocycles. The average Bonchev–Trinajstić information content (AvgIpc) is 3.25. The lowest BCUT2D eigenvalue weighted by molar-refractivity contribution is -0.116. The zero-order valence-electron chi connectivity index (χ0n) is 19.6. The van der Waals surface area contributed by atoms with E-state index in [9.17, 15) is 14.4 Å². The van der Waals surface area contributed by atoms with Gasteiger partial charge in [0.25, 0.3) is 10.8 Å². The quantitative estimate of drug-likeness (QED) is 0.394. The number of nitrogens with one attached hydrogen (secondary N) is 1. The molecule has 182 valence electrons. The molecule has 0 radical (unpaired) electrons. The Morgan fingerprint density at radius 1 is 1.24 bits per heavy atom. The summed E-state index contributed by atoms with van der Waals surface area (Å²) in [5.41, 5.74) is 5.99. The predicted octanol–water partition coefficient (Wildman–Crippen LogP) is 2.67. The molecule has 3 rings (SSSR count). The van der Waals surface area contributed by atoms with E-state index in [1.165, 1.54) is 9.47 Å². The number of aromatic amines is 1. The number of nitrogen functional groups attached to an aromatic ring is 1. The number of carbonyl (C=O) groups excluding carboxylic acids is 1. The van der Waals surface area contributed by atoms with Crippen molar-refractivity contribution in [2.75, 3.05) is 22.9 Å². The lowest BCUT2D eigenvalue weighted by Crippen LogP contribution is -2.42. The van der Waals surface area contributed by atoms with Crippen molar-refractivity contribution in [1.29, 1.82) is 0 Å². The summed E-state index contributed by atoms with van der Waals surface area (Å²) in [6.07, 6.45) is 1.97. The van der Waals surface area contributed by atoms with E-state index in [-0.39, 0.29) is 34.3 Å². The molecule has 0 fully saturated rings. The highest BCUT2D eigenvalue weighted by Gasteiger charge is 2.25. The number of thioether (sulfide) groups is 1. The van der Waals surface area contributed by atoms with Gasteiger partial charge in [0.15, 0.2) is 5.69 Å². The first-order valence-corrected chi connectivity index (χ1v) is 12.2. The second-order valence-corrected chi connectivity index (χ2v) is 9.24. The van der Waals surface area contributed by atoms with Gasteiger partial charge >= 0.3 is 5.69 Å². The summed E-state index contributed by atoms with van der Waals surface area (Å²) in [4.78, 5) is 41.8. The predicted molar refractivity (Wildman–Crippen MR) is 132 cm³/mol. The number of benzene rings is 1. The van der Waals surface area contributed by atoms with Crippen molar-refractivity contribution in [1.82, 2.24) is 19.7 Å². The number of carbonyl (C=O) groups is 1. The largest absolute Gasteiger partial charge is 0.416 e. The Hall–Kier alpha value is -3.34. The standard InChI is InChI=1S/C23H30N6O4S/c1-4-5-11-28(19-20(24)29(13-15(2)3)22(32)25-21(19)31)18(30)14-34-23-27-26-17(33-23)12-16-9-7-6-8-10-16/h6-10,15H,4-5,11-14,24H2,1-3H3,(H,25,31,32). The summed E-state index contributed by atoms with van der Waals surface area (Å²) in [6.45, 7) is 6.47. The first-order valence-electron chi connectivity index (χ1n) is 11.2. The van der Waals surface area contributed by atoms with Crippen LogP contribution < -0.4 is 21.9 Å². The maximum Gasteiger partial charge on any atom is 0.330 e. The molecular weight excluding hydrogens is 456 g/mol. The lowest BCUT2D eigenvalue weighted by Gasteiger charge is -2.24. The SMILES string of the molecule is CCCCN(C(=O)CSc1nnc(Cc2ccccc2)o1)c1c(N)n(CC(C)C)c(=O)[nH]c1=O. The number of hydrogen-bond donors (Lipinski definition) is 2. The van der Waals surface area contributed by atoms with Crippen LogP contribution in [0.3, 0.4) is 0 Å². The van der Waals surface area contributed by atoms with Gasteiger partial charge in [0.1, 0.15) is 5.82 Å². The molecule has 0 bridgehead atoms. The molecule has 0 aliphatic carbocycles.